The van der Waals surface area contributed by atoms with Crippen molar-refractivity contribution in [2.24, 2.45) is 5.73 Å². The van der Waals surface area contributed by atoms with Crippen LogP contribution in [0.4, 0.5) is 0 Å². The Morgan fingerprint density at radius 1 is 1.24 bits per heavy atom. The van der Waals surface area contributed by atoms with Crippen molar-refractivity contribution in [3.05, 3.63) is 0 Å². The van der Waals surface area contributed by atoms with E-state index in [1.165, 1.54) is 0 Å². The third kappa shape index (κ3) is 3.63. The number of aliphatic hydroxyl groups excluding tert-OH is 2. The fourth-order valence-corrected chi connectivity index (χ4v) is 1.85. The predicted molar refractivity (Wildman–Crippen MR) is 64.6 cm³/mol. The number of aliphatic hydroxyl groups is 2. The average Bonchev–Trinajstić information content (AvgIpc) is 2.17. The van der Waals surface area contributed by atoms with E-state index in [9.17, 15) is 10.2 Å². The molecule has 1 saturated heterocycles. The van der Waals surface area contributed by atoms with Crippen LogP contribution >= 0.6 is 0 Å². The van der Waals surface area contributed by atoms with Crippen molar-refractivity contribution in [2.45, 2.75) is 70.2 Å². The third-order valence-electron chi connectivity index (χ3n) is 3.04. The molecule has 0 bridgehead atoms. The molecule has 0 radical (unpaired) electrons. The van der Waals surface area contributed by atoms with Gasteiger partial charge in [0.05, 0.1) is 23.9 Å². The van der Waals surface area contributed by atoms with E-state index < -0.39 is 30.0 Å². The molecule has 0 aliphatic carbocycles. The maximum Gasteiger partial charge on any atom is 0.110 e. The van der Waals surface area contributed by atoms with Gasteiger partial charge in [0.1, 0.15) is 18.3 Å². The Morgan fingerprint density at radius 3 is 2.24 bits per heavy atom. The topological polar surface area (TPSA) is 84.9 Å². The molecule has 1 fully saturated rings. The van der Waals surface area contributed by atoms with Crippen LogP contribution in [0.25, 0.3) is 0 Å². The van der Waals surface area contributed by atoms with Gasteiger partial charge in [0.2, 0.25) is 0 Å². The first-order chi connectivity index (χ1) is 7.54. The van der Waals surface area contributed by atoms with Crippen LogP contribution in [-0.4, -0.2) is 52.4 Å². The molecule has 1 rings (SSSR count). The first-order valence-corrected chi connectivity index (χ1v) is 5.98. The highest BCUT2D eigenvalue weighted by atomic mass is 16.6. The summed E-state index contributed by atoms with van der Waals surface area (Å²) in [6, 6.07) is -0.608. The van der Waals surface area contributed by atoms with E-state index in [2.05, 4.69) is 0 Å². The minimum atomic E-state index is -1.01. The molecule has 0 amide bonds. The van der Waals surface area contributed by atoms with Gasteiger partial charge < -0.3 is 25.4 Å². The average molecular weight is 247 g/mol. The Kier molecular flexibility index (Phi) is 4.21. The standard InChI is InChI=1S/C12H25NO4/c1-11(2,3)16-6-7-8(14)9(15)10(13)12(4,5)17-7/h7-10,14-15H,6,13H2,1-5H3. The maximum atomic E-state index is 9.90. The molecule has 1 aliphatic heterocycles. The summed E-state index contributed by atoms with van der Waals surface area (Å²) in [4.78, 5) is 0. The molecule has 0 aromatic carbocycles. The van der Waals surface area contributed by atoms with Gasteiger partial charge in [0, 0.05) is 0 Å². The number of hydrogen-bond acceptors (Lipinski definition) is 5. The van der Waals surface area contributed by atoms with Crippen LogP contribution < -0.4 is 5.73 Å². The summed E-state index contributed by atoms with van der Waals surface area (Å²) in [6.07, 6.45) is -2.56. The summed E-state index contributed by atoms with van der Waals surface area (Å²) in [5, 5.41) is 19.8. The van der Waals surface area contributed by atoms with Crippen LogP contribution in [0.1, 0.15) is 34.6 Å². The summed E-state index contributed by atoms with van der Waals surface area (Å²) in [7, 11) is 0. The zero-order valence-electron chi connectivity index (χ0n) is 11.3. The zero-order valence-corrected chi connectivity index (χ0v) is 11.3. The fourth-order valence-electron chi connectivity index (χ4n) is 1.85. The van der Waals surface area contributed by atoms with Gasteiger partial charge in [0.15, 0.2) is 0 Å². The van der Waals surface area contributed by atoms with Crippen molar-refractivity contribution >= 4 is 0 Å². The Morgan fingerprint density at radius 2 is 1.76 bits per heavy atom. The van der Waals surface area contributed by atoms with Crippen LogP contribution in [0.5, 0.6) is 0 Å². The lowest BCUT2D eigenvalue weighted by Crippen LogP contribution is -2.66. The van der Waals surface area contributed by atoms with Gasteiger partial charge in [-0.05, 0) is 34.6 Å². The Bertz CT molecular complexity index is 262. The summed E-state index contributed by atoms with van der Waals surface area (Å²) in [5.41, 5.74) is 4.83. The number of ether oxygens (including phenoxy) is 2. The molecule has 102 valence electrons. The molecule has 0 spiro atoms. The summed E-state index contributed by atoms with van der Waals surface area (Å²) in [5.74, 6) is 0. The summed E-state index contributed by atoms with van der Waals surface area (Å²) in [6.45, 7) is 9.62. The van der Waals surface area contributed by atoms with Crippen molar-refractivity contribution in [2.75, 3.05) is 6.61 Å². The highest BCUT2D eigenvalue weighted by Gasteiger charge is 2.47. The first-order valence-electron chi connectivity index (χ1n) is 5.98. The van der Waals surface area contributed by atoms with E-state index in [0.29, 0.717) is 0 Å². The minimum absolute atomic E-state index is 0.234. The van der Waals surface area contributed by atoms with Crippen LogP contribution in [0.3, 0.4) is 0 Å². The van der Waals surface area contributed by atoms with E-state index in [0.717, 1.165) is 0 Å². The van der Waals surface area contributed by atoms with E-state index in [1.54, 1.807) is 13.8 Å². The molecule has 1 heterocycles. The second-order valence-corrected chi connectivity index (χ2v) is 6.19. The van der Waals surface area contributed by atoms with E-state index in [1.807, 2.05) is 20.8 Å². The highest BCUT2D eigenvalue weighted by molar-refractivity contribution is 4.99. The molecular formula is C12H25NO4. The normalized spacial score (nSPS) is 38.1. The van der Waals surface area contributed by atoms with E-state index in [-0.39, 0.29) is 12.2 Å². The van der Waals surface area contributed by atoms with Crippen LogP contribution in [0, 0.1) is 0 Å². The molecule has 5 nitrogen and oxygen atoms in total. The third-order valence-corrected chi connectivity index (χ3v) is 3.04. The Hall–Kier alpha value is -0.200. The molecule has 4 unspecified atom stereocenters. The largest absolute Gasteiger partial charge is 0.389 e. The van der Waals surface area contributed by atoms with Crippen molar-refractivity contribution in [3.63, 3.8) is 0 Å². The van der Waals surface area contributed by atoms with Gasteiger partial charge in [-0.3, -0.25) is 0 Å². The van der Waals surface area contributed by atoms with Crippen LogP contribution in [-0.2, 0) is 9.47 Å². The van der Waals surface area contributed by atoms with Crippen molar-refractivity contribution in [1.82, 2.24) is 0 Å². The zero-order chi connectivity index (χ0) is 13.4. The minimum Gasteiger partial charge on any atom is -0.389 e. The molecule has 5 heteroatoms. The van der Waals surface area contributed by atoms with Crippen LogP contribution in [0.2, 0.25) is 0 Å². The van der Waals surface area contributed by atoms with Crippen molar-refractivity contribution in [3.8, 4) is 0 Å². The monoisotopic (exact) mass is 247 g/mol. The number of hydrogen-bond donors (Lipinski definition) is 3. The van der Waals surface area contributed by atoms with Gasteiger partial charge in [-0.25, -0.2) is 0 Å². The molecule has 0 saturated carbocycles. The van der Waals surface area contributed by atoms with Gasteiger partial charge >= 0.3 is 0 Å². The van der Waals surface area contributed by atoms with Crippen molar-refractivity contribution in [1.29, 1.82) is 0 Å². The molecule has 4 N–H and O–H groups in total. The summed E-state index contributed by atoms with van der Waals surface area (Å²) >= 11 is 0. The van der Waals surface area contributed by atoms with E-state index >= 15 is 0 Å². The maximum absolute atomic E-state index is 9.90. The van der Waals surface area contributed by atoms with Gasteiger partial charge in [-0.15, -0.1) is 0 Å². The second-order valence-electron chi connectivity index (χ2n) is 6.19. The predicted octanol–water partition coefficient (Wildman–Crippen LogP) is 0.0280. The first kappa shape index (κ1) is 14.9. The summed E-state index contributed by atoms with van der Waals surface area (Å²) < 4.78 is 11.3. The lowest BCUT2D eigenvalue weighted by molar-refractivity contribution is -0.232. The number of nitrogens with two attached hydrogens (primary N) is 1. The van der Waals surface area contributed by atoms with Crippen LogP contribution in [0.15, 0.2) is 0 Å². The van der Waals surface area contributed by atoms with E-state index in [4.69, 9.17) is 15.2 Å². The smallest absolute Gasteiger partial charge is 0.110 e. The van der Waals surface area contributed by atoms with Gasteiger partial charge in [-0.2, -0.15) is 0 Å². The van der Waals surface area contributed by atoms with Gasteiger partial charge in [0.25, 0.3) is 0 Å². The fraction of sp³-hybridized carbons (Fsp3) is 1.00. The highest BCUT2D eigenvalue weighted by Crippen LogP contribution is 2.28. The molecular weight excluding hydrogens is 222 g/mol. The molecule has 0 aromatic heterocycles. The molecule has 4 atom stereocenters. The SMILES string of the molecule is CC(C)(C)OCC1OC(C)(C)C(N)C(O)C1O. The molecule has 1 aliphatic rings. The quantitative estimate of drug-likeness (QED) is 0.641. The number of rotatable bonds is 2. The second kappa shape index (κ2) is 4.82. The lowest BCUT2D eigenvalue weighted by atomic mass is 9.86. The molecule has 17 heavy (non-hydrogen) atoms. The van der Waals surface area contributed by atoms with Gasteiger partial charge in [-0.1, -0.05) is 0 Å². The lowest BCUT2D eigenvalue weighted by Gasteiger charge is -2.46. The molecule has 0 aromatic rings. The Balaban J connectivity index is 2.67. The van der Waals surface area contributed by atoms with Crippen molar-refractivity contribution < 1.29 is 19.7 Å². The Labute approximate surface area is 103 Å².